The van der Waals surface area contributed by atoms with E-state index in [0.717, 1.165) is 24.3 Å². The van der Waals surface area contributed by atoms with Gasteiger partial charge in [-0.15, -0.1) is 0 Å². The second kappa shape index (κ2) is 32.6. The molecule has 11 rings (SSSR count). The average Bonchev–Trinajstić information content (AvgIpc) is 0.752. The van der Waals surface area contributed by atoms with Gasteiger partial charge in [0.05, 0.1) is 37.1 Å². The van der Waals surface area contributed by atoms with Crippen LogP contribution in [0.5, 0.6) is 34.5 Å². The third-order valence-electron chi connectivity index (χ3n) is 18.5. The van der Waals surface area contributed by atoms with Gasteiger partial charge in [0.25, 0.3) is 0 Å². The summed E-state index contributed by atoms with van der Waals surface area (Å²) in [5.41, 5.74) is -1.02. The topological polar surface area (TPSA) is 537 Å². The van der Waals surface area contributed by atoms with Gasteiger partial charge in [0.1, 0.15) is 143 Å². The number of aromatic hydroxyl groups is 4. The first kappa shape index (κ1) is 77.5. The van der Waals surface area contributed by atoms with Crippen molar-refractivity contribution in [3.63, 3.8) is 0 Å². The van der Waals surface area contributed by atoms with Crippen molar-refractivity contribution in [1.29, 1.82) is 0 Å². The number of aliphatic hydroxyl groups is 13. The van der Waals surface area contributed by atoms with Crippen LogP contribution in [0.2, 0.25) is 0 Å². The maximum Gasteiger partial charge on any atom is 0.331 e. The Balaban J connectivity index is 0.946. The van der Waals surface area contributed by atoms with Crippen LogP contribution in [0.4, 0.5) is 0 Å². The zero-order chi connectivity index (χ0) is 75.0. The van der Waals surface area contributed by atoms with Crippen molar-refractivity contribution < 1.29 is 167 Å². The Kier molecular flexibility index (Phi) is 24.3. The first-order valence-electron chi connectivity index (χ1n) is 33.0. The lowest BCUT2D eigenvalue weighted by molar-refractivity contribution is -0.372. The van der Waals surface area contributed by atoms with Crippen molar-refractivity contribution in [2.24, 2.45) is 0 Å². The molecule has 35 heteroatoms. The van der Waals surface area contributed by atoms with Gasteiger partial charge in [-0.2, -0.15) is 0 Å². The largest absolute Gasteiger partial charge is 0.508 e. The van der Waals surface area contributed by atoms with Crippen LogP contribution < -0.4 is 14.9 Å². The van der Waals surface area contributed by atoms with Crippen molar-refractivity contribution in [3.05, 3.63) is 118 Å². The summed E-state index contributed by atoms with van der Waals surface area (Å²) in [7, 11) is 0. The van der Waals surface area contributed by atoms with Crippen LogP contribution in [0.3, 0.4) is 0 Å². The highest BCUT2D eigenvalue weighted by Gasteiger charge is 2.57. The number of ether oxygens (including phenoxy) is 14. The average molecular weight is 1470 g/mol. The second-order valence-electron chi connectivity index (χ2n) is 25.9. The molecule has 5 aromatic rings. The van der Waals surface area contributed by atoms with Gasteiger partial charge in [0.2, 0.25) is 23.8 Å². The van der Waals surface area contributed by atoms with E-state index in [2.05, 4.69) is 0 Å². The molecule has 0 spiro atoms. The van der Waals surface area contributed by atoms with Gasteiger partial charge < -0.3 is 158 Å². The van der Waals surface area contributed by atoms with Crippen LogP contribution in [0, 0.1) is 0 Å². The molecule has 1 aromatic heterocycles. The maximum atomic E-state index is 15.4. The van der Waals surface area contributed by atoms with Crippen LogP contribution in [-0.2, 0) is 66.4 Å². The monoisotopic (exact) mass is 1470 g/mol. The summed E-state index contributed by atoms with van der Waals surface area (Å²) in [6, 6.07) is 18.0. The first-order valence-corrected chi connectivity index (χ1v) is 33.0. The molecule has 6 saturated heterocycles. The minimum absolute atomic E-state index is 0.0596. The molecule has 0 amide bonds. The molecule has 7 heterocycles. The molecule has 0 aliphatic carbocycles. The van der Waals surface area contributed by atoms with Crippen molar-refractivity contribution in [2.45, 2.75) is 219 Å². The number of benzene rings is 4. The van der Waals surface area contributed by atoms with E-state index in [0.29, 0.717) is 11.1 Å². The number of fused-ring (bicyclic) bond motifs is 1. The van der Waals surface area contributed by atoms with E-state index in [1.165, 1.54) is 120 Å². The normalized spacial score (nSPS) is 38.4. The summed E-state index contributed by atoms with van der Waals surface area (Å²) in [5.74, 6) is -5.52. The minimum Gasteiger partial charge on any atom is -0.508 e. The van der Waals surface area contributed by atoms with E-state index in [9.17, 15) is 96.4 Å². The molecular weight excluding hydrogens is 1390 g/mol. The molecule has 0 bridgehead atoms. The Morgan fingerprint density at radius 2 is 0.837 bits per heavy atom. The minimum atomic E-state index is -2.25. The highest BCUT2D eigenvalue weighted by atomic mass is 16.8. The Labute approximate surface area is 590 Å². The Morgan fingerprint density at radius 3 is 1.36 bits per heavy atom. The predicted octanol–water partition coefficient (Wildman–Crippen LogP) is -2.40. The van der Waals surface area contributed by atoms with Gasteiger partial charge in [-0.25, -0.2) is 9.59 Å². The fraction of sp³-hybridized carbons (Fsp3) is 0.522. The van der Waals surface area contributed by atoms with Crippen molar-refractivity contribution >= 4 is 35.1 Å². The Hall–Kier alpha value is -7.61. The van der Waals surface area contributed by atoms with Gasteiger partial charge in [-0.1, -0.05) is 24.3 Å². The molecule has 0 radical (unpaired) electrons. The molecule has 4 aromatic carbocycles. The lowest BCUT2D eigenvalue weighted by Crippen LogP contribution is -2.66. The molecule has 568 valence electrons. The van der Waals surface area contributed by atoms with Crippen LogP contribution >= 0.6 is 0 Å². The fourth-order valence-corrected chi connectivity index (χ4v) is 12.5. The van der Waals surface area contributed by atoms with Gasteiger partial charge in [-0.3, -0.25) is 4.79 Å². The number of rotatable bonds is 20. The SMILES string of the molecule is C[C@@H]1O[C@@H](OC[C@H]2O[C@@H](Oc3c(-c4ccc(O)cc4)oc4cc(O[C@@H]5O[C@@H](C)[C@H](OC(=O)/C=C/c6ccc(O)cc6)[C@@H](O[C@@H]6O[C@@H](C)[C@H](O)[C@@H](O[C@@H]7O[C@@H](C)[C@H](O)[C@@H](O)[C@H]7O)[C@H]6O)[C@H]5O)cc(O)c4c3=O)[C@H](OC(=O)/C=C/c3ccc(O)cc3)[C@@H](O[C@@H]3O[C@@H](C)[C@H](O)[C@@H](O)[C@@H]3O)[C@@H]2O)[C@H](O)[C@H](O)[C@H]1O. The molecule has 104 heavy (non-hydrogen) atoms. The van der Waals surface area contributed by atoms with Crippen LogP contribution in [0.15, 0.2) is 106 Å². The Bertz CT molecular complexity index is 3860. The molecular formula is C69H82O35. The zero-order valence-electron chi connectivity index (χ0n) is 55.9. The van der Waals surface area contributed by atoms with E-state index in [-0.39, 0.29) is 22.8 Å². The summed E-state index contributed by atoms with van der Waals surface area (Å²) in [6.07, 6.45) is -48.7. The van der Waals surface area contributed by atoms with E-state index in [1.54, 1.807) is 0 Å². The predicted molar refractivity (Wildman–Crippen MR) is 346 cm³/mol. The number of esters is 2. The molecule has 30 atom stereocenters. The molecule has 0 unspecified atom stereocenters. The van der Waals surface area contributed by atoms with Crippen molar-refractivity contribution in [2.75, 3.05) is 6.61 Å². The van der Waals surface area contributed by atoms with Crippen molar-refractivity contribution in [3.8, 4) is 45.8 Å². The fourth-order valence-electron chi connectivity index (χ4n) is 12.5. The summed E-state index contributed by atoms with van der Waals surface area (Å²) >= 11 is 0. The summed E-state index contributed by atoms with van der Waals surface area (Å²) in [6.45, 7) is 5.90. The van der Waals surface area contributed by atoms with Crippen LogP contribution in [-0.4, -0.2) is 290 Å². The number of aliphatic hydroxyl groups excluding tert-OH is 13. The molecule has 6 aliphatic heterocycles. The van der Waals surface area contributed by atoms with Gasteiger partial charge >= 0.3 is 11.9 Å². The third-order valence-corrected chi connectivity index (χ3v) is 18.5. The third kappa shape index (κ3) is 16.8. The number of phenolic OH excluding ortho intramolecular Hbond substituents is 4. The molecule has 35 nitrogen and oxygen atoms in total. The molecule has 17 N–H and O–H groups in total. The number of hydrogen-bond donors (Lipinski definition) is 17. The summed E-state index contributed by atoms with van der Waals surface area (Å²) in [4.78, 5) is 43.2. The molecule has 6 fully saturated rings. The van der Waals surface area contributed by atoms with E-state index in [4.69, 9.17) is 70.7 Å². The number of phenols is 4. The summed E-state index contributed by atoms with van der Waals surface area (Å²) < 4.78 is 90.2. The number of hydrogen-bond acceptors (Lipinski definition) is 35. The standard InChI is InChI=1S/C69H82O35/c1-25-43(76)49(82)52(85)64(91-25)90-24-39-47(80)60(102-66-54(87)51(84)45(78)27(3)93-66)63(100-41(75)21-11-31-8-16-34(71)17-9-31)69(98-39)104-61-48(81)42-37(73)22-36(23-38(42)97-58(61)32-12-18-35(72)19-13-32)96-67-56(89)62(57(29(5)95-67)99-40(74)20-10-30-6-14-33(70)15-7-30)103-68-55(88)59(46(79)28(4)94-68)101-65-53(86)50(83)44(77)26(2)92-65/h6-23,25-29,39,43-47,49-57,59-60,62-73,76-80,82-89H,24H2,1-5H3/b20-10+,21-11+/t25-,26-,27-,28-,29-,39+,43-,44-,45-,46-,47+,49+,50+,51+,52+,53+,54-,55+,56+,57-,59+,60-,62-,63+,64+,65-,66-,67-,68-,69-/m0/s1. The van der Waals surface area contributed by atoms with E-state index < -0.39 is 242 Å². The van der Waals surface area contributed by atoms with Gasteiger partial charge in [0, 0.05) is 29.8 Å². The maximum absolute atomic E-state index is 15.4. The Morgan fingerprint density at radius 1 is 0.413 bits per heavy atom. The number of carbonyl (C=O) groups excluding carboxylic acids is 2. The quantitative estimate of drug-likeness (QED) is 0.0285. The van der Waals surface area contributed by atoms with Gasteiger partial charge in [-0.05, 0) is 106 Å². The number of carbonyl (C=O) groups is 2. The smallest absolute Gasteiger partial charge is 0.331 e. The van der Waals surface area contributed by atoms with Crippen molar-refractivity contribution in [1.82, 2.24) is 0 Å². The molecule has 6 aliphatic rings. The summed E-state index contributed by atoms with van der Waals surface area (Å²) in [5, 5.41) is 186. The zero-order valence-corrected chi connectivity index (χ0v) is 55.9. The second-order valence-corrected chi connectivity index (χ2v) is 25.9. The van der Waals surface area contributed by atoms with E-state index in [1.807, 2.05) is 0 Å². The lowest BCUT2D eigenvalue weighted by Gasteiger charge is -2.48. The van der Waals surface area contributed by atoms with Crippen LogP contribution in [0.1, 0.15) is 45.7 Å². The highest BCUT2D eigenvalue weighted by molar-refractivity contribution is 5.89. The van der Waals surface area contributed by atoms with Gasteiger partial charge in [0.15, 0.2) is 43.1 Å². The van der Waals surface area contributed by atoms with Crippen LogP contribution in [0.25, 0.3) is 34.4 Å². The first-order chi connectivity index (χ1) is 49.3. The molecule has 0 saturated carbocycles. The lowest BCUT2D eigenvalue weighted by atomic mass is 9.96. The van der Waals surface area contributed by atoms with E-state index >= 15 is 4.79 Å². The highest BCUT2D eigenvalue weighted by Crippen LogP contribution is 2.42.